The van der Waals surface area contributed by atoms with Gasteiger partial charge in [0.1, 0.15) is 12.2 Å². The smallest absolute Gasteiger partial charge is 0.273 e. The standard InChI is InChI=1S/C12H14BrN5O2/c1-8(12-16-15-7-17(12)2)14-6-9-5-10(13)3-4-11(9)18(19)20/h3-5,7-8,14H,6H2,1-2H3. The van der Waals surface area contributed by atoms with Crippen LogP contribution in [0.15, 0.2) is 29.0 Å². The Morgan fingerprint density at radius 3 is 2.90 bits per heavy atom. The fourth-order valence-electron chi connectivity index (χ4n) is 1.91. The van der Waals surface area contributed by atoms with Crippen molar-refractivity contribution in [1.82, 2.24) is 20.1 Å². The molecule has 20 heavy (non-hydrogen) atoms. The van der Waals surface area contributed by atoms with E-state index in [1.165, 1.54) is 6.07 Å². The Morgan fingerprint density at radius 1 is 1.55 bits per heavy atom. The maximum atomic E-state index is 11.0. The molecule has 1 atom stereocenters. The van der Waals surface area contributed by atoms with Crippen LogP contribution in [0, 0.1) is 10.1 Å². The first-order valence-electron chi connectivity index (χ1n) is 5.99. The van der Waals surface area contributed by atoms with Crippen LogP contribution in [0.25, 0.3) is 0 Å². The van der Waals surface area contributed by atoms with Gasteiger partial charge in [0.05, 0.1) is 11.0 Å². The zero-order valence-electron chi connectivity index (χ0n) is 11.1. The molecule has 0 aliphatic rings. The highest BCUT2D eigenvalue weighted by molar-refractivity contribution is 9.10. The van der Waals surface area contributed by atoms with Crippen molar-refractivity contribution in [3.05, 3.63) is 50.5 Å². The van der Waals surface area contributed by atoms with Gasteiger partial charge in [-0.15, -0.1) is 10.2 Å². The van der Waals surface area contributed by atoms with E-state index in [0.29, 0.717) is 12.1 Å². The Balaban J connectivity index is 2.13. The van der Waals surface area contributed by atoms with E-state index in [-0.39, 0.29) is 16.7 Å². The molecule has 1 aromatic carbocycles. The third-order valence-corrected chi connectivity index (χ3v) is 3.46. The second kappa shape index (κ2) is 6.10. The second-order valence-electron chi connectivity index (χ2n) is 4.43. The molecule has 106 valence electrons. The van der Waals surface area contributed by atoms with Crippen molar-refractivity contribution < 1.29 is 4.92 Å². The minimum Gasteiger partial charge on any atom is -0.319 e. The lowest BCUT2D eigenvalue weighted by Gasteiger charge is -2.13. The molecule has 1 heterocycles. The number of hydrogen-bond acceptors (Lipinski definition) is 5. The van der Waals surface area contributed by atoms with Crippen LogP contribution in [-0.2, 0) is 13.6 Å². The van der Waals surface area contributed by atoms with Gasteiger partial charge in [-0.1, -0.05) is 15.9 Å². The van der Waals surface area contributed by atoms with E-state index in [4.69, 9.17) is 0 Å². The molecule has 0 aliphatic carbocycles. The van der Waals surface area contributed by atoms with Gasteiger partial charge < -0.3 is 9.88 Å². The summed E-state index contributed by atoms with van der Waals surface area (Å²) in [4.78, 5) is 10.6. The first-order valence-corrected chi connectivity index (χ1v) is 6.78. The van der Waals surface area contributed by atoms with Gasteiger partial charge >= 0.3 is 0 Å². The van der Waals surface area contributed by atoms with Crippen molar-refractivity contribution >= 4 is 21.6 Å². The number of hydrogen-bond donors (Lipinski definition) is 1. The van der Waals surface area contributed by atoms with Gasteiger partial charge in [-0.25, -0.2) is 0 Å². The van der Waals surface area contributed by atoms with E-state index in [1.807, 2.05) is 18.5 Å². The third-order valence-electron chi connectivity index (χ3n) is 2.97. The molecule has 1 N–H and O–H groups in total. The van der Waals surface area contributed by atoms with Crippen LogP contribution in [-0.4, -0.2) is 19.7 Å². The quantitative estimate of drug-likeness (QED) is 0.667. The SMILES string of the molecule is CC(NCc1cc(Br)ccc1[N+](=O)[O-])c1nncn1C. The summed E-state index contributed by atoms with van der Waals surface area (Å²) >= 11 is 3.33. The zero-order valence-corrected chi connectivity index (χ0v) is 12.7. The van der Waals surface area contributed by atoms with Crippen molar-refractivity contribution in [1.29, 1.82) is 0 Å². The van der Waals surface area contributed by atoms with E-state index < -0.39 is 0 Å². The number of nitro benzene ring substituents is 1. The average Bonchev–Trinajstić information content (AvgIpc) is 2.82. The number of rotatable bonds is 5. The maximum absolute atomic E-state index is 11.0. The third kappa shape index (κ3) is 3.20. The summed E-state index contributed by atoms with van der Waals surface area (Å²) in [5, 5.41) is 22.0. The van der Waals surface area contributed by atoms with E-state index in [9.17, 15) is 10.1 Å². The molecule has 0 aliphatic heterocycles. The minimum atomic E-state index is -0.379. The number of nitrogens with one attached hydrogen (secondary N) is 1. The molecule has 0 spiro atoms. The molecule has 0 radical (unpaired) electrons. The fraction of sp³-hybridized carbons (Fsp3) is 0.333. The molecule has 0 saturated heterocycles. The molecule has 7 nitrogen and oxygen atoms in total. The van der Waals surface area contributed by atoms with Crippen molar-refractivity contribution in [3.63, 3.8) is 0 Å². The topological polar surface area (TPSA) is 85.9 Å². The Labute approximate surface area is 124 Å². The van der Waals surface area contributed by atoms with Gasteiger partial charge in [0, 0.05) is 29.7 Å². The number of nitro groups is 1. The summed E-state index contributed by atoms with van der Waals surface area (Å²) in [7, 11) is 1.86. The molecule has 2 aromatic rings. The van der Waals surface area contributed by atoms with Gasteiger partial charge in [0.2, 0.25) is 0 Å². The first kappa shape index (κ1) is 14.6. The molecule has 2 rings (SSSR count). The monoisotopic (exact) mass is 339 g/mol. The average molecular weight is 340 g/mol. The molecular weight excluding hydrogens is 326 g/mol. The maximum Gasteiger partial charge on any atom is 0.273 e. The molecule has 1 unspecified atom stereocenters. The van der Waals surface area contributed by atoms with Crippen LogP contribution in [0.5, 0.6) is 0 Å². The van der Waals surface area contributed by atoms with Crippen molar-refractivity contribution in [2.24, 2.45) is 7.05 Å². The summed E-state index contributed by atoms with van der Waals surface area (Å²) in [6.45, 7) is 2.32. The van der Waals surface area contributed by atoms with Gasteiger partial charge in [0.25, 0.3) is 5.69 Å². The van der Waals surface area contributed by atoms with Crippen molar-refractivity contribution in [2.45, 2.75) is 19.5 Å². The Kier molecular flexibility index (Phi) is 4.46. The van der Waals surface area contributed by atoms with Crippen LogP contribution in [0.2, 0.25) is 0 Å². The van der Waals surface area contributed by atoms with Crippen LogP contribution in [0.3, 0.4) is 0 Å². The predicted molar refractivity (Wildman–Crippen MR) is 77.1 cm³/mol. The number of aryl methyl sites for hydroxylation is 1. The summed E-state index contributed by atoms with van der Waals surface area (Å²) < 4.78 is 2.62. The summed E-state index contributed by atoms with van der Waals surface area (Å²) in [6.07, 6.45) is 1.62. The Bertz CT molecular complexity index is 628. The van der Waals surface area contributed by atoms with Gasteiger partial charge in [-0.3, -0.25) is 10.1 Å². The molecule has 0 amide bonds. The van der Waals surface area contributed by atoms with Crippen LogP contribution < -0.4 is 5.32 Å². The molecule has 0 fully saturated rings. The summed E-state index contributed by atoms with van der Waals surface area (Å²) in [5.74, 6) is 0.780. The normalized spacial score (nSPS) is 12.3. The van der Waals surface area contributed by atoms with Gasteiger partial charge in [-0.2, -0.15) is 0 Å². The lowest BCUT2D eigenvalue weighted by atomic mass is 10.1. The van der Waals surface area contributed by atoms with Crippen molar-refractivity contribution in [2.75, 3.05) is 0 Å². The number of aromatic nitrogens is 3. The lowest BCUT2D eigenvalue weighted by Crippen LogP contribution is -2.21. The fourth-order valence-corrected chi connectivity index (χ4v) is 2.32. The largest absolute Gasteiger partial charge is 0.319 e. The predicted octanol–water partition coefficient (Wildman–Crippen LogP) is 2.34. The summed E-state index contributed by atoms with van der Waals surface area (Å²) in [6, 6.07) is 4.84. The number of halogens is 1. The highest BCUT2D eigenvalue weighted by Crippen LogP contribution is 2.23. The summed E-state index contributed by atoms with van der Waals surface area (Å²) in [5.41, 5.74) is 0.726. The lowest BCUT2D eigenvalue weighted by molar-refractivity contribution is -0.385. The molecular formula is C12H14BrN5O2. The highest BCUT2D eigenvalue weighted by atomic mass is 79.9. The van der Waals surface area contributed by atoms with E-state index in [1.54, 1.807) is 18.5 Å². The molecule has 0 saturated carbocycles. The zero-order chi connectivity index (χ0) is 14.7. The Morgan fingerprint density at radius 2 is 2.30 bits per heavy atom. The molecule has 1 aromatic heterocycles. The van der Waals surface area contributed by atoms with E-state index in [0.717, 1.165) is 10.3 Å². The van der Waals surface area contributed by atoms with Crippen LogP contribution in [0.1, 0.15) is 24.4 Å². The molecule has 0 bridgehead atoms. The van der Waals surface area contributed by atoms with E-state index >= 15 is 0 Å². The number of nitrogens with zero attached hydrogens (tertiary/aromatic N) is 4. The van der Waals surface area contributed by atoms with Gasteiger partial charge in [0.15, 0.2) is 0 Å². The first-order chi connectivity index (χ1) is 9.49. The van der Waals surface area contributed by atoms with Crippen LogP contribution >= 0.6 is 15.9 Å². The van der Waals surface area contributed by atoms with Crippen molar-refractivity contribution in [3.8, 4) is 0 Å². The highest BCUT2D eigenvalue weighted by Gasteiger charge is 2.16. The second-order valence-corrected chi connectivity index (χ2v) is 5.35. The number of benzene rings is 1. The van der Waals surface area contributed by atoms with Gasteiger partial charge in [-0.05, 0) is 19.1 Å². The molecule has 8 heteroatoms. The van der Waals surface area contributed by atoms with E-state index in [2.05, 4.69) is 31.4 Å². The minimum absolute atomic E-state index is 0.0546. The van der Waals surface area contributed by atoms with Crippen LogP contribution in [0.4, 0.5) is 5.69 Å². The Hall–Kier alpha value is -1.80.